The van der Waals surface area contributed by atoms with Gasteiger partial charge in [0.05, 0.1) is 18.4 Å². The number of benzene rings is 2. The molecular formula is C17H15F4NO2S. The molecule has 3 nitrogen and oxygen atoms in total. The predicted octanol–water partition coefficient (Wildman–Crippen LogP) is 4.73. The van der Waals surface area contributed by atoms with E-state index < -0.39 is 23.5 Å². The molecule has 0 radical (unpaired) electrons. The van der Waals surface area contributed by atoms with Gasteiger partial charge in [0.25, 0.3) is 0 Å². The van der Waals surface area contributed by atoms with Crippen LogP contribution in [0.15, 0.2) is 42.5 Å². The molecule has 25 heavy (non-hydrogen) atoms. The Kier molecular flexibility index (Phi) is 6.30. The molecule has 0 aliphatic rings. The number of nitrogens with one attached hydrogen (secondary N) is 1. The summed E-state index contributed by atoms with van der Waals surface area (Å²) in [4.78, 5) is 11.8. The fraction of sp³-hybridized carbons (Fsp3) is 0.235. The zero-order chi connectivity index (χ0) is 18.4. The first-order chi connectivity index (χ1) is 11.8. The first-order valence-electron chi connectivity index (χ1n) is 7.17. The lowest BCUT2D eigenvalue weighted by Crippen LogP contribution is -2.15. The largest absolute Gasteiger partial charge is 0.494 e. The SMILES string of the molecule is COc1ccc(CSCC(=O)Nc2cccc(C(F)(F)F)c2)cc1F. The fourth-order valence-electron chi connectivity index (χ4n) is 2.03. The highest BCUT2D eigenvalue weighted by molar-refractivity contribution is 7.99. The van der Waals surface area contributed by atoms with E-state index in [1.54, 1.807) is 6.07 Å². The highest BCUT2D eigenvalue weighted by Gasteiger charge is 2.30. The van der Waals surface area contributed by atoms with Crippen LogP contribution >= 0.6 is 11.8 Å². The minimum atomic E-state index is -4.46. The number of rotatable bonds is 6. The standard InChI is InChI=1S/C17H15F4NO2S/c1-24-15-6-5-11(7-14(15)18)9-25-10-16(23)22-13-4-2-3-12(8-13)17(19,20)21/h2-8H,9-10H2,1H3,(H,22,23). The Morgan fingerprint density at radius 3 is 2.60 bits per heavy atom. The Bertz CT molecular complexity index is 750. The van der Waals surface area contributed by atoms with Gasteiger partial charge in [-0.25, -0.2) is 4.39 Å². The third-order valence-corrected chi connectivity index (χ3v) is 4.20. The van der Waals surface area contributed by atoms with Crippen LogP contribution < -0.4 is 10.1 Å². The van der Waals surface area contributed by atoms with Crippen molar-refractivity contribution < 1.29 is 27.1 Å². The van der Waals surface area contributed by atoms with Crippen molar-refractivity contribution in [3.8, 4) is 5.75 Å². The Balaban J connectivity index is 1.86. The van der Waals surface area contributed by atoms with Crippen LogP contribution in [0.5, 0.6) is 5.75 Å². The average molecular weight is 373 g/mol. The normalized spacial score (nSPS) is 11.2. The zero-order valence-corrected chi connectivity index (χ0v) is 14.0. The number of amides is 1. The summed E-state index contributed by atoms with van der Waals surface area (Å²) in [6.07, 6.45) is -4.46. The van der Waals surface area contributed by atoms with Gasteiger partial charge in [-0.2, -0.15) is 13.2 Å². The molecule has 0 spiro atoms. The average Bonchev–Trinajstić information content (AvgIpc) is 2.54. The van der Waals surface area contributed by atoms with Gasteiger partial charge in [0, 0.05) is 11.4 Å². The number of methoxy groups -OCH3 is 1. The maximum absolute atomic E-state index is 13.6. The van der Waals surface area contributed by atoms with Crippen molar-refractivity contribution in [2.45, 2.75) is 11.9 Å². The third kappa shape index (κ3) is 5.67. The van der Waals surface area contributed by atoms with Crippen molar-refractivity contribution in [1.82, 2.24) is 0 Å². The number of thioether (sulfide) groups is 1. The van der Waals surface area contributed by atoms with Crippen molar-refractivity contribution in [3.63, 3.8) is 0 Å². The second kappa shape index (κ2) is 8.24. The highest BCUT2D eigenvalue weighted by atomic mass is 32.2. The summed E-state index contributed by atoms with van der Waals surface area (Å²) >= 11 is 1.22. The van der Waals surface area contributed by atoms with Gasteiger partial charge in [-0.3, -0.25) is 4.79 Å². The predicted molar refractivity (Wildman–Crippen MR) is 89.2 cm³/mol. The molecular weight excluding hydrogens is 358 g/mol. The molecule has 0 atom stereocenters. The van der Waals surface area contributed by atoms with E-state index in [9.17, 15) is 22.4 Å². The number of halogens is 4. The monoisotopic (exact) mass is 373 g/mol. The molecule has 134 valence electrons. The number of ether oxygens (including phenoxy) is 1. The highest BCUT2D eigenvalue weighted by Crippen LogP contribution is 2.30. The van der Waals surface area contributed by atoms with E-state index in [2.05, 4.69) is 5.32 Å². The van der Waals surface area contributed by atoms with E-state index >= 15 is 0 Å². The van der Waals surface area contributed by atoms with Crippen LogP contribution in [0.25, 0.3) is 0 Å². The minimum Gasteiger partial charge on any atom is -0.494 e. The number of carbonyl (C=O) groups is 1. The van der Waals surface area contributed by atoms with E-state index in [4.69, 9.17) is 4.74 Å². The van der Waals surface area contributed by atoms with Crippen LogP contribution in [-0.4, -0.2) is 18.8 Å². The molecule has 0 aliphatic heterocycles. The summed E-state index contributed by atoms with van der Waals surface area (Å²) in [7, 11) is 1.37. The fourth-order valence-corrected chi connectivity index (χ4v) is 2.81. The maximum Gasteiger partial charge on any atom is 0.416 e. The van der Waals surface area contributed by atoms with Gasteiger partial charge in [0.2, 0.25) is 5.91 Å². The van der Waals surface area contributed by atoms with Crippen LogP contribution in [-0.2, 0) is 16.7 Å². The minimum absolute atomic E-state index is 0.0316. The third-order valence-electron chi connectivity index (χ3n) is 3.19. The lowest BCUT2D eigenvalue weighted by Gasteiger charge is -2.10. The van der Waals surface area contributed by atoms with Crippen molar-refractivity contribution in [3.05, 3.63) is 59.4 Å². The van der Waals surface area contributed by atoms with Crippen LogP contribution in [0.1, 0.15) is 11.1 Å². The summed E-state index contributed by atoms with van der Waals surface area (Å²) in [5.74, 6) is -0.371. The summed E-state index contributed by atoms with van der Waals surface area (Å²) < 4.78 is 56.2. The molecule has 0 unspecified atom stereocenters. The van der Waals surface area contributed by atoms with Crippen LogP contribution in [0, 0.1) is 5.82 Å². The molecule has 0 saturated carbocycles. The molecule has 2 aromatic rings. The quantitative estimate of drug-likeness (QED) is 0.745. The summed E-state index contributed by atoms with van der Waals surface area (Å²) in [6, 6.07) is 8.91. The molecule has 0 aromatic heterocycles. The van der Waals surface area contributed by atoms with Gasteiger partial charge in [-0.15, -0.1) is 11.8 Å². The lowest BCUT2D eigenvalue weighted by molar-refractivity contribution is -0.137. The molecule has 2 aromatic carbocycles. The second-order valence-electron chi connectivity index (χ2n) is 5.09. The molecule has 1 amide bonds. The molecule has 0 fully saturated rings. The molecule has 8 heteroatoms. The number of hydrogen-bond donors (Lipinski definition) is 1. The maximum atomic E-state index is 13.6. The van der Waals surface area contributed by atoms with Crippen LogP contribution in [0.2, 0.25) is 0 Å². The summed E-state index contributed by atoms with van der Waals surface area (Å²) in [5.41, 5.74) is -0.0715. The second-order valence-corrected chi connectivity index (χ2v) is 6.07. The van der Waals surface area contributed by atoms with Gasteiger partial charge in [-0.1, -0.05) is 12.1 Å². The number of hydrogen-bond acceptors (Lipinski definition) is 3. The lowest BCUT2D eigenvalue weighted by atomic mass is 10.2. The van der Waals surface area contributed by atoms with Crippen molar-refractivity contribution >= 4 is 23.4 Å². The van der Waals surface area contributed by atoms with Crippen molar-refractivity contribution in [2.24, 2.45) is 0 Å². The Labute approximate surface area is 146 Å². The smallest absolute Gasteiger partial charge is 0.416 e. The number of alkyl halides is 3. The van der Waals surface area contributed by atoms with Crippen molar-refractivity contribution in [1.29, 1.82) is 0 Å². The van der Waals surface area contributed by atoms with Gasteiger partial charge >= 0.3 is 6.18 Å². The molecule has 2 rings (SSSR count). The summed E-state index contributed by atoms with van der Waals surface area (Å²) in [5, 5.41) is 2.42. The number of anilines is 1. The summed E-state index contributed by atoms with van der Waals surface area (Å²) in [6.45, 7) is 0. The van der Waals surface area contributed by atoms with Gasteiger partial charge in [0.1, 0.15) is 0 Å². The van der Waals surface area contributed by atoms with E-state index in [0.717, 1.165) is 12.1 Å². The van der Waals surface area contributed by atoms with Crippen LogP contribution in [0.3, 0.4) is 0 Å². The Hall–Kier alpha value is -2.22. The topological polar surface area (TPSA) is 38.3 Å². The van der Waals surface area contributed by atoms with Gasteiger partial charge in [0.15, 0.2) is 11.6 Å². The Morgan fingerprint density at radius 1 is 1.20 bits per heavy atom. The van der Waals surface area contributed by atoms with E-state index in [1.165, 1.54) is 43.1 Å². The molecule has 0 aliphatic carbocycles. The molecule has 0 bridgehead atoms. The first kappa shape index (κ1) is 19.1. The van der Waals surface area contributed by atoms with E-state index in [0.29, 0.717) is 11.3 Å². The van der Waals surface area contributed by atoms with E-state index in [1.807, 2.05) is 0 Å². The van der Waals surface area contributed by atoms with Crippen LogP contribution in [0.4, 0.5) is 23.2 Å². The Morgan fingerprint density at radius 2 is 1.96 bits per heavy atom. The van der Waals surface area contributed by atoms with Crippen molar-refractivity contribution in [2.75, 3.05) is 18.2 Å². The number of carbonyl (C=O) groups excluding carboxylic acids is 1. The zero-order valence-electron chi connectivity index (χ0n) is 13.2. The van der Waals surface area contributed by atoms with E-state index in [-0.39, 0.29) is 17.2 Å². The molecule has 0 saturated heterocycles. The van der Waals surface area contributed by atoms with Gasteiger partial charge < -0.3 is 10.1 Å². The first-order valence-corrected chi connectivity index (χ1v) is 8.32. The van der Waals surface area contributed by atoms with Gasteiger partial charge in [-0.05, 0) is 35.9 Å². The molecule has 1 N–H and O–H groups in total. The molecule has 0 heterocycles.